The highest BCUT2D eigenvalue weighted by atomic mass is 16.3. The molecule has 0 atom stereocenters. The molecule has 51 heavy (non-hydrogen) atoms. The fourth-order valence-electron chi connectivity index (χ4n) is 8.21. The summed E-state index contributed by atoms with van der Waals surface area (Å²) >= 11 is 0. The number of para-hydroxylation sites is 3. The van der Waals surface area contributed by atoms with Gasteiger partial charge in [-0.25, -0.2) is 0 Å². The van der Waals surface area contributed by atoms with Crippen LogP contribution in [-0.4, -0.2) is 4.57 Å². The maximum Gasteiger partial charge on any atom is 0.137 e. The van der Waals surface area contributed by atoms with Crippen molar-refractivity contribution in [3.05, 3.63) is 182 Å². The van der Waals surface area contributed by atoms with E-state index in [9.17, 15) is 0 Å². The number of aromatic nitrogens is 1. The molecule has 3 heteroatoms. The smallest absolute Gasteiger partial charge is 0.137 e. The molecular weight excluding hydrogens is 621 g/mol. The lowest BCUT2D eigenvalue weighted by atomic mass is 9.96. The Morgan fingerprint density at radius 3 is 1.73 bits per heavy atom. The van der Waals surface area contributed by atoms with Crippen LogP contribution in [0, 0.1) is 0 Å². The molecule has 2 heterocycles. The molecule has 9 aromatic carbocycles. The standard InChI is InChI=1S/C48H30N2O/c1-2-11-33(12-3-1)50-45-16-8-6-14-41(45)42-26-21-35(29-46(42)50)49(36-22-27-44-43-15-7-9-17-47(43)51-48(44)30-36)34-20-25-38-32(28-34)19-24-39-37-13-5-4-10-31(37)18-23-40(38)39/h1-30H. The summed E-state index contributed by atoms with van der Waals surface area (Å²) in [5.41, 5.74) is 8.45. The minimum Gasteiger partial charge on any atom is -0.456 e. The van der Waals surface area contributed by atoms with Crippen molar-refractivity contribution in [2.45, 2.75) is 0 Å². The molecule has 0 fully saturated rings. The normalized spacial score (nSPS) is 11.9. The molecule has 11 aromatic rings. The third-order valence-electron chi connectivity index (χ3n) is 10.5. The Bertz CT molecular complexity index is 3150. The second-order valence-electron chi connectivity index (χ2n) is 13.4. The fourth-order valence-corrected chi connectivity index (χ4v) is 8.21. The van der Waals surface area contributed by atoms with Crippen LogP contribution < -0.4 is 4.90 Å². The average Bonchev–Trinajstić information content (AvgIpc) is 3.73. The first-order valence-corrected chi connectivity index (χ1v) is 17.4. The summed E-state index contributed by atoms with van der Waals surface area (Å²) in [7, 11) is 0. The summed E-state index contributed by atoms with van der Waals surface area (Å²) in [5, 5.41) is 12.2. The minimum atomic E-state index is 0.872. The summed E-state index contributed by atoms with van der Waals surface area (Å²) in [5.74, 6) is 0. The number of benzene rings is 9. The van der Waals surface area contributed by atoms with E-state index >= 15 is 0 Å². The van der Waals surface area contributed by atoms with E-state index in [0.717, 1.165) is 50.2 Å². The molecule has 0 saturated heterocycles. The molecule has 2 aromatic heterocycles. The number of hydrogen-bond donors (Lipinski definition) is 0. The van der Waals surface area contributed by atoms with E-state index in [1.54, 1.807) is 0 Å². The molecule has 0 N–H and O–H groups in total. The van der Waals surface area contributed by atoms with E-state index in [2.05, 4.69) is 179 Å². The van der Waals surface area contributed by atoms with E-state index in [-0.39, 0.29) is 0 Å². The number of rotatable bonds is 4. The van der Waals surface area contributed by atoms with E-state index in [4.69, 9.17) is 4.42 Å². The summed E-state index contributed by atoms with van der Waals surface area (Å²) in [6, 6.07) is 65.6. The lowest BCUT2D eigenvalue weighted by molar-refractivity contribution is 0.669. The van der Waals surface area contributed by atoms with Crippen molar-refractivity contribution in [3.63, 3.8) is 0 Å². The first-order valence-electron chi connectivity index (χ1n) is 17.4. The van der Waals surface area contributed by atoms with E-state index in [1.165, 1.54) is 48.6 Å². The van der Waals surface area contributed by atoms with Crippen molar-refractivity contribution in [1.29, 1.82) is 0 Å². The molecule has 11 rings (SSSR count). The monoisotopic (exact) mass is 650 g/mol. The van der Waals surface area contributed by atoms with Crippen LogP contribution in [0.5, 0.6) is 0 Å². The van der Waals surface area contributed by atoms with Crippen LogP contribution in [0.2, 0.25) is 0 Å². The van der Waals surface area contributed by atoms with Gasteiger partial charge in [0.2, 0.25) is 0 Å². The zero-order chi connectivity index (χ0) is 33.5. The van der Waals surface area contributed by atoms with Crippen molar-refractivity contribution >= 4 is 93.1 Å². The molecule has 3 nitrogen and oxygen atoms in total. The molecule has 238 valence electrons. The van der Waals surface area contributed by atoms with Gasteiger partial charge in [-0.2, -0.15) is 0 Å². The number of fused-ring (bicyclic) bond motifs is 11. The molecule has 0 bridgehead atoms. The average molecular weight is 651 g/mol. The van der Waals surface area contributed by atoms with Gasteiger partial charge in [-0.1, -0.05) is 115 Å². The van der Waals surface area contributed by atoms with Crippen LogP contribution >= 0.6 is 0 Å². The van der Waals surface area contributed by atoms with Crippen LogP contribution in [0.15, 0.2) is 186 Å². The van der Waals surface area contributed by atoms with Gasteiger partial charge in [-0.15, -0.1) is 0 Å². The summed E-state index contributed by atoms with van der Waals surface area (Å²) in [4.78, 5) is 2.36. The van der Waals surface area contributed by atoms with Crippen molar-refractivity contribution in [2.75, 3.05) is 4.90 Å². The Kier molecular flexibility index (Phi) is 5.96. The second-order valence-corrected chi connectivity index (χ2v) is 13.4. The largest absolute Gasteiger partial charge is 0.456 e. The quantitative estimate of drug-likeness (QED) is 0.177. The fraction of sp³-hybridized carbons (Fsp3) is 0. The number of anilines is 3. The molecule has 0 aliphatic heterocycles. The highest BCUT2D eigenvalue weighted by Gasteiger charge is 2.19. The van der Waals surface area contributed by atoms with Gasteiger partial charge < -0.3 is 13.9 Å². The molecule has 0 aliphatic rings. The van der Waals surface area contributed by atoms with Crippen molar-refractivity contribution in [2.24, 2.45) is 0 Å². The van der Waals surface area contributed by atoms with Crippen molar-refractivity contribution in [1.82, 2.24) is 4.57 Å². The van der Waals surface area contributed by atoms with E-state index in [0.29, 0.717) is 0 Å². The third-order valence-corrected chi connectivity index (χ3v) is 10.5. The van der Waals surface area contributed by atoms with E-state index in [1.807, 2.05) is 12.1 Å². The van der Waals surface area contributed by atoms with Crippen LogP contribution in [0.4, 0.5) is 17.1 Å². The molecular formula is C48H30N2O. The molecule has 0 radical (unpaired) electrons. The minimum absolute atomic E-state index is 0.872. The maximum absolute atomic E-state index is 6.42. The number of furan rings is 1. The first kappa shape index (κ1) is 28.0. The Morgan fingerprint density at radius 1 is 0.333 bits per heavy atom. The summed E-state index contributed by atoms with van der Waals surface area (Å²) in [6.45, 7) is 0. The Hall–Kier alpha value is -6.84. The highest BCUT2D eigenvalue weighted by Crippen LogP contribution is 2.43. The zero-order valence-electron chi connectivity index (χ0n) is 27.6. The lowest BCUT2D eigenvalue weighted by Crippen LogP contribution is -2.10. The Balaban J connectivity index is 1.16. The molecule has 0 unspecified atom stereocenters. The molecule has 0 amide bonds. The van der Waals surface area contributed by atoms with Gasteiger partial charge in [-0.3, -0.25) is 0 Å². The van der Waals surface area contributed by atoms with Crippen LogP contribution in [0.3, 0.4) is 0 Å². The summed E-state index contributed by atoms with van der Waals surface area (Å²) < 4.78 is 8.81. The predicted molar refractivity (Wildman–Crippen MR) is 215 cm³/mol. The summed E-state index contributed by atoms with van der Waals surface area (Å²) in [6.07, 6.45) is 0. The Labute approximate surface area is 293 Å². The zero-order valence-corrected chi connectivity index (χ0v) is 27.6. The van der Waals surface area contributed by atoms with Crippen molar-refractivity contribution in [3.8, 4) is 5.69 Å². The van der Waals surface area contributed by atoms with E-state index < -0.39 is 0 Å². The SMILES string of the molecule is c1ccc(-n2c3ccccc3c3ccc(N(c4ccc5c(ccc6c7ccccc7ccc56)c4)c4ccc5c(c4)oc4ccccc45)cc32)cc1. The number of hydrogen-bond acceptors (Lipinski definition) is 2. The van der Waals surface area contributed by atoms with Gasteiger partial charge in [0, 0.05) is 50.4 Å². The Morgan fingerprint density at radius 2 is 0.882 bits per heavy atom. The maximum atomic E-state index is 6.42. The van der Waals surface area contributed by atoms with Gasteiger partial charge in [-0.05, 0) is 93.0 Å². The third kappa shape index (κ3) is 4.25. The molecule has 0 saturated carbocycles. The van der Waals surface area contributed by atoms with Crippen LogP contribution in [-0.2, 0) is 0 Å². The van der Waals surface area contributed by atoms with Gasteiger partial charge in [0.25, 0.3) is 0 Å². The molecule has 0 spiro atoms. The molecule has 0 aliphatic carbocycles. The van der Waals surface area contributed by atoms with Gasteiger partial charge in [0.15, 0.2) is 0 Å². The topological polar surface area (TPSA) is 21.3 Å². The van der Waals surface area contributed by atoms with Crippen LogP contribution in [0.1, 0.15) is 0 Å². The second kappa shape index (κ2) is 10.8. The first-order chi connectivity index (χ1) is 25.3. The van der Waals surface area contributed by atoms with Crippen LogP contribution in [0.25, 0.3) is 81.7 Å². The van der Waals surface area contributed by atoms with Gasteiger partial charge in [0.05, 0.1) is 11.0 Å². The van der Waals surface area contributed by atoms with Gasteiger partial charge >= 0.3 is 0 Å². The lowest BCUT2D eigenvalue weighted by Gasteiger charge is -2.26. The number of nitrogens with zero attached hydrogens (tertiary/aromatic N) is 2. The van der Waals surface area contributed by atoms with Crippen molar-refractivity contribution < 1.29 is 4.42 Å². The predicted octanol–water partition coefficient (Wildman–Crippen LogP) is 13.6. The highest BCUT2D eigenvalue weighted by molar-refractivity contribution is 6.18. The van der Waals surface area contributed by atoms with Gasteiger partial charge in [0.1, 0.15) is 11.2 Å².